The molecule has 2 heterocycles. The highest BCUT2D eigenvalue weighted by atomic mass is 32.2. The number of pyridine rings is 1. The fourth-order valence-electron chi connectivity index (χ4n) is 3.72. The van der Waals surface area contributed by atoms with E-state index in [2.05, 4.69) is 11.1 Å². The van der Waals surface area contributed by atoms with Crippen LogP contribution in [-0.2, 0) is 0 Å². The number of nitriles is 1. The topological polar surface area (TPSA) is 77.3 Å². The van der Waals surface area contributed by atoms with Gasteiger partial charge in [-0.1, -0.05) is 17.7 Å². The molecule has 1 aliphatic heterocycles. The van der Waals surface area contributed by atoms with Crippen LogP contribution >= 0.6 is 11.8 Å². The van der Waals surface area contributed by atoms with Gasteiger partial charge >= 0.3 is 0 Å². The van der Waals surface area contributed by atoms with Crippen LogP contribution in [0.25, 0.3) is 0 Å². The number of aryl methyl sites for hydroxylation is 1. The second-order valence-corrected chi connectivity index (χ2v) is 8.61. The summed E-state index contributed by atoms with van der Waals surface area (Å²) in [6.45, 7) is 3.87. The summed E-state index contributed by atoms with van der Waals surface area (Å²) >= 11 is 1.40. The third-order valence-electron chi connectivity index (χ3n) is 5.69. The van der Waals surface area contributed by atoms with Gasteiger partial charge in [-0.2, -0.15) is 5.26 Å². The lowest BCUT2D eigenvalue weighted by atomic mass is 10.1. The second-order valence-electron chi connectivity index (χ2n) is 7.82. The van der Waals surface area contributed by atoms with Gasteiger partial charge in [0.05, 0.1) is 11.1 Å². The van der Waals surface area contributed by atoms with E-state index in [0.29, 0.717) is 53.8 Å². The molecule has 2 fully saturated rings. The number of aromatic nitrogens is 1. The lowest BCUT2D eigenvalue weighted by Gasteiger charge is -2.35. The Morgan fingerprint density at radius 2 is 1.67 bits per heavy atom. The van der Waals surface area contributed by atoms with Crippen LogP contribution in [0.4, 0.5) is 0 Å². The van der Waals surface area contributed by atoms with Gasteiger partial charge in [-0.05, 0) is 44.2 Å². The fraction of sp³-hybridized carbons (Fsp3) is 0.391. The largest absolute Gasteiger partial charge is 0.335 e. The van der Waals surface area contributed by atoms with E-state index in [4.69, 9.17) is 0 Å². The van der Waals surface area contributed by atoms with Gasteiger partial charge in [-0.15, -0.1) is 11.8 Å². The predicted molar refractivity (Wildman–Crippen MR) is 116 cm³/mol. The predicted octanol–water partition coefficient (Wildman–Crippen LogP) is 3.46. The smallest absolute Gasteiger partial charge is 0.255 e. The molecule has 0 atom stereocenters. The van der Waals surface area contributed by atoms with Crippen molar-refractivity contribution >= 4 is 23.6 Å². The average molecular weight is 421 g/mol. The van der Waals surface area contributed by atoms with E-state index in [-0.39, 0.29) is 11.8 Å². The number of hydrogen-bond acceptors (Lipinski definition) is 5. The third kappa shape index (κ3) is 4.05. The minimum Gasteiger partial charge on any atom is -0.335 e. The van der Waals surface area contributed by atoms with Crippen molar-refractivity contribution < 1.29 is 9.59 Å². The number of carbonyl (C=O) groups excluding carboxylic acids is 2. The van der Waals surface area contributed by atoms with E-state index in [0.717, 1.165) is 24.1 Å². The maximum Gasteiger partial charge on any atom is 0.255 e. The van der Waals surface area contributed by atoms with Crippen LogP contribution < -0.4 is 0 Å². The molecule has 0 unspecified atom stereocenters. The van der Waals surface area contributed by atoms with Crippen LogP contribution in [0.1, 0.15) is 56.3 Å². The highest BCUT2D eigenvalue weighted by Gasteiger charge is 2.31. The molecule has 2 aliphatic rings. The van der Waals surface area contributed by atoms with Gasteiger partial charge in [-0.3, -0.25) is 9.59 Å². The van der Waals surface area contributed by atoms with Crippen LogP contribution in [0.2, 0.25) is 0 Å². The van der Waals surface area contributed by atoms with Gasteiger partial charge in [-0.25, -0.2) is 4.98 Å². The van der Waals surface area contributed by atoms with Crippen LogP contribution in [-0.4, -0.2) is 59.0 Å². The molecule has 1 aromatic heterocycles. The highest BCUT2D eigenvalue weighted by molar-refractivity contribution is 7.98. The molecule has 0 bridgehead atoms. The van der Waals surface area contributed by atoms with Crippen molar-refractivity contribution in [3.05, 3.63) is 58.3 Å². The van der Waals surface area contributed by atoms with Gasteiger partial charge < -0.3 is 9.80 Å². The zero-order valence-corrected chi connectivity index (χ0v) is 18.0. The van der Waals surface area contributed by atoms with Crippen LogP contribution in [0.15, 0.2) is 35.4 Å². The van der Waals surface area contributed by atoms with Gasteiger partial charge in [0, 0.05) is 43.4 Å². The first-order chi connectivity index (χ1) is 14.5. The lowest BCUT2D eigenvalue weighted by molar-refractivity contribution is 0.0535. The molecular weight excluding hydrogens is 396 g/mol. The molecule has 0 spiro atoms. The SMILES string of the molecule is CSc1nc(C2CC2)cc(C(=O)N2CCN(C(=O)c3ccc(C)cc3)CC2)c1C#N. The summed E-state index contributed by atoms with van der Waals surface area (Å²) in [7, 11) is 0. The zero-order chi connectivity index (χ0) is 21.3. The Hall–Kier alpha value is -2.85. The number of thioether (sulfide) groups is 1. The van der Waals surface area contributed by atoms with Crippen LogP contribution in [0.5, 0.6) is 0 Å². The highest BCUT2D eigenvalue weighted by Crippen LogP contribution is 2.40. The number of carbonyl (C=O) groups is 2. The summed E-state index contributed by atoms with van der Waals surface area (Å²) in [5.74, 6) is 0.247. The Morgan fingerprint density at radius 3 is 2.20 bits per heavy atom. The van der Waals surface area contributed by atoms with Crippen molar-refractivity contribution in [3.8, 4) is 6.07 Å². The van der Waals surface area contributed by atoms with Gasteiger partial charge in [0.15, 0.2) is 0 Å². The Bertz CT molecular complexity index is 1020. The van der Waals surface area contributed by atoms with E-state index in [1.54, 1.807) is 9.80 Å². The second kappa shape index (κ2) is 8.49. The molecule has 1 aromatic carbocycles. The molecule has 1 aliphatic carbocycles. The molecular formula is C23H24N4O2S. The Kier molecular flexibility index (Phi) is 5.78. The first-order valence-electron chi connectivity index (χ1n) is 10.2. The minimum absolute atomic E-state index is 0.00980. The maximum atomic E-state index is 13.3. The molecule has 6 nitrogen and oxygen atoms in total. The molecule has 1 saturated heterocycles. The summed E-state index contributed by atoms with van der Waals surface area (Å²) in [6, 6.07) is 11.5. The van der Waals surface area contributed by atoms with E-state index >= 15 is 0 Å². The van der Waals surface area contributed by atoms with Crippen molar-refractivity contribution in [1.82, 2.24) is 14.8 Å². The Labute approximate surface area is 180 Å². The summed E-state index contributed by atoms with van der Waals surface area (Å²) < 4.78 is 0. The maximum absolute atomic E-state index is 13.3. The molecule has 2 amide bonds. The third-order valence-corrected chi connectivity index (χ3v) is 6.37. The van der Waals surface area contributed by atoms with Crippen molar-refractivity contribution in [3.63, 3.8) is 0 Å². The molecule has 30 heavy (non-hydrogen) atoms. The number of hydrogen-bond donors (Lipinski definition) is 0. The standard InChI is InChI=1S/C23H24N4O2S/c1-15-3-5-17(6-4-15)22(28)26-9-11-27(12-10-26)23(29)18-13-20(16-7-8-16)25-21(30-2)19(18)14-24/h3-6,13,16H,7-12H2,1-2H3. The monoisotopic (exact) mass is 420 g/mol. The molecule has 154 valence electrons. The van der Waals surface area contributed by atoms with Gasteiger partial charge in [0.25, 0.3) is 11.8 Å². The summed E-state index contributed by atoms with van der Waals surface area (Å²) in [5, 5.41) is 10.3. The van der Waals surface area contributed by atoms with Crippen LogP contribution in [0, 0.1) is 18.3 Å². The van der Waals surface area contributed by atoms with Crippen molar-refractivity contribution in [2.75, 3.05) is 32.4 Å². The first-order valence-corrected chi connectivity index (χ1v) is 11.4. The number of benzene rings is 1. The number of piperazine rings is 1. The van der Waals surface area contributed by atoms with E-state index < -0.39 is 0 Å². The average Bonchev–Trinajstić information content (AvgIpc) is 3.63. The quantitative estimate of drug-likeness (QED) is 0.708. The minimum atomic E-state index is -0.145. The van der Waals surface area contributed by atoms with Crippen LogP contribution in [0.3, 0.4) is 0 Å². The molecule has 4 rings (SSSR count). The number of rotatable bonds is 4. The van der Waals surface area contributed by atoms with Crippen molar-refractivity contribution in [1.29, 1.82) is 5.26 Å². The van der Waals surface area contributed by atoms with Gasteiger partial charge in [0.2, 0.25) is 0 Å². The fourth-order valence-corrected chi connectivity index (χ4v) is 4.27. The molecule has 0 radical (unpaired) electrons. The van der Waals surface area contributed by atoms with E-state index in [1.807, 2.05) is 43.5 Å². The first kappa shape index (κ1) is 20.4. The number of amides is 2. The van der Waals surface area contributed by atoms with E-state index in [9.17, 15) is 14.9 Å². The molecule has 0 N–H and O–H groups in total. The Balaban J connectivity index is 1.49. The number of nitrogens with zero attached hydrogens (tertiary/aromatic N) is 4. The van der Waals surface area contributed by atoms with Crippen molar-refractivity contribution in [2.45, 2.75) is 30.7 Å². The summed E-state index contributed by atoms with van der Waals surface area (Å²) in [6.07, 6.45) is 4.05. The summed E-state index contributed by atoms with van der Waals surface area (Å²) in [4.78, 5) is 34.1. The normalized spacial score (nSPS) is 16.3. The summed E-state index contributed by atoms with van der Waals surface area (Å²) in [5.41, 5.74) is 3.49. The van der Waals surface area contributed by atoms with Gasteiger partial charge in [0.1, 0.15) is 11.1 Å². The van der Waals surface area contributed by atoms with Crippen molar-refractivity contribution in [2.24, 2.45) is 0 Å². The molecule has 1 saturated carbocycles. The Morgan fingerprint density at radius 1 is 1.07 bits per heavy atom. The zero-order valence-electron chi connectivity index (χ0n) is 17.2. The van der Waals surface area contributed by atoms with E-state index in [1.165, 1.54) is 11.8 Å². The molecule has 2 aromatic rings. The lowest BCUT2D eigenvalue weighted by Crippen LogP contribution is -2.50. The molecule has 7 heteroatoms.